The third-order valence-corrected chi connectivity index (χ3v) is 3.02. The Morgan fingerprint density at radius 3 is 3.00 bits per heavy atom. The van der Waals surface area contributed by atoms with E-state index in [0.717, 1.165) is 19.5 Å². The van der Waals surface area contributed by atoms with Crippen LogP contribution >= 0.6 is 0 Å². The molecule has 20 heavy (non-hydrogen) atoms. The molecule has 110 valence electrons. The van der Waals surface area contributed by atoms with Crippen molar-refractivity contribution < 1.29 is 14.1 Å². The summed E-state index contributed by atoms with van der Waals surface area (Å²) in [6.45, 7) is 4.81. The van der Waals surface area contributed by atoms with Crippen LogP contribution in [0.4, 0.5) is 0 Å². The molecule has 0 bridgehead atoms. The Hall–Kier alpha value is -1.96. The van der Waals surface area contributed by atoms with Crippen LogP contribution in [0, 0.1) is 6.92 Å². The van der Waals surface area contributed by atoms with E-state index in [2.05, 4.69) is 20.8 Å². The summed E-state index contributed by atoms with van der Waals surface area (Å²) in [6.07, 6.45) is 1.28. The molecule has 0 aromatic carbocycles. The maximum absolute atomic E-state index is 11.9. The molecule has 1 aliphatic rings. The minimum atomic E-state index is -0.580. The van der Waals surface area contributed by atoms with Gasteiger partial charge in [-0.2, -0.15) is 4.98 Å². The molecule has 1 saturated heterocycles. The summed E-state index contributed by atoms with van der Waals surface area (Å²) < 4.78 is 4.92. The molecule has 0 spiro atoms. The Bertz CT molecular complexity index is 465. The smallest absolute Gasteiger partial charge is 0.311 e. The van der Waals surface area contributed by atoms with Gasteiger partial charge in [0, 0.05) is 32.6 Å². The summed E-state index contributed by atoms with van der Waals surface area (Å²) in [5.41, 5.74) is 0. The molecule has 0 aliphatic carbocycles. The maximum atomic E-state index is 11.9. The van der Waals surface area contributed by atoms with E-state index in [9.17, 15) is 9.59 Å². The molecule has 1 aromatic rings. The van der Waals surface area contributed by atoms with E-state index in [-0.39, 0.29) is 0 Å². The van der Waals surface area contributed by atoms with Crippen molar-refractivity contribution in [2.45, 2.75) is 19.8 Å². The normalized spacial score (nSPS) is 15.8. The summed E-state index contributed by atoms with van der Waals surface area (Å²) in [5, 5.41) is 9.42. The van der Waals surface area contributed by atoms with E-state index < -0.39 is 11.8 Å². The predicted octanol–water partition coefficient (Wildman–Crippen LogP) is -1.14. The number of aryl methyl sites for hydroxylation is 1. The number of hydrogen-bond donors (Lipinski definition) is 2. The lowest BCUT2D eigenvalue weighted by molar-refractivity contribution is -0.145. The lowest BCUT2D eigenvalue weighted by atomic mass is 10.3. The van der Waals surface area contributed by atoms with Crippen molar-refractivity contribution in [3.63, 3.8) is 0 Å². The summed E-state index contributed by atoms with van der Waals surface area (Å²) in [7, 11) is 0. The fraction of sp³-hybridized carbons (Fsp3) is 0.667. The molecule has 0 saturated carbocycles. The van der Waals surface area contributed by atoms with Crippen molar-refractivity contribution in [2.75, 3.05) is 32.7 Å². The second-order valence-corrected chi connectivity index (χ2v) is 4.64. The minimum absolute atomic E-state index is 0.304. The number of carbonyl (C=O) groups is 2. The summed E-state index contributed by atoms with van der Waals surface area (Å²) in [4.78, 5) is 29.3. The highest BCUT2D eigenvalue weighted by Crippen LogP contribution is 1.98. The quantitative estimate of drug-likeness (QED) is 0.679. The molecule has 2 rings (SSSR count). The molecule has 1 aliphatic heterocycles. The summed E-state index contributed by atoms with van der Waals surface area (Å²) >= 11 is 0. The minimum Gasteiger partial charge on any atom is -0.347 e. The average Bonchev–Trinajstić information content (AvgIpc) is 2.68. The molecule has 8 nitrogen and oxygen atoms in total. The molecule has 8 heteroatoms. The molecular formula is C12H19N5O3. The van der Waals surface area contributed by atoms with E-state index in [1.54, 1.807) is 11.8 Å². The zero-order valence-electron chi connectivity index (χ0n) is 11.5. The average molecular weight is 281 g/mol. The van der Waals surface area contributed by atoms with Gasteiger partial charge in [-0.15, -0.1) is 0 Å². The maximum Gasteiger partial charge on any atom is 0.311 e. The van der Waals surface area contributed by atoms with Crippen LogP contribution in [0.2, 0.25) is 0 Å². The van der Waals surface area contributed by atoms with Crippen LogP contribution in [0.5, 0.6) is 0 Å². The van der Waals surface area contributed by atoms with Crippen LogP contribution in [0.3, 0.4) is 0 Å². The summed E-state index contributed by atoms with van der Waals surface area (Å²) in [6, 6.07) is 0. The van der Waals surface area contributed by atoms with Crippen molar-refractivity contribution in [3.05, 3.63) is 11.7 Å². The Labute approximate surface area is 116 Å². The molecule has 2 amide bonds. The van der Waals surface area contributed by atoms with Crippen LogP contribution in [0.15, 0.2) is 4.52 Å². The number of nitrogens with one attached hydrogen (secondary N) is 2. The molecule has 2 N–H and O–H groups in total. The zero-order valence-corrected chi connectivity index (χ0v) is 11.5. The van der Waals surface area contributed by atoms with Gasteiger partial charge >= 0.3 is 11.8 Å². The number of hydrogen-bond acceptors (Lipinski definition) is 6. The van der Waals surface area contributed by atoms with Gasteiger partial charge in [-0.3, -0.25) is 9.59 Å². The lowest BCUT2D eigenvalue weighted by Gasteiger charge is -2.18. The van der Waals surface area contributed by atoms with Gasteiger partial charge in [-0.1, -0.05) is 5.16 Å². The second kappa shape index (κ2) is 6.99. The van der Waals surface area contributed by atoms with Crippen LogP contribution in [0.1, 0.15) is 18.1 Å². The van der Waals surface area contributed by atoms with E-state index in [0.29, 0.717) is 37.8 Å². The molecule has 0 radical (unpaired) electrons. The first-order valence-electron chi connectivity index (χ1n) is 6.74. The monoisotopic (exact) mass is 281 g/mol. The van der Waals surface area contributed by atoms with Crippen LogP contribution in [0.25, 0.3) is 0 Å². The largest absolute Gasteiger partial charge is 0.347 e. The van der Waals surface area contributed by atoms with Gasteiger partial charge in [0.2, 0.25) is 5.89 Å². The van der Waals surface area contributed by atoms with Gasteiger partial charge in [0.05, 0.1) is 0 Å². The molecule has 0 unspecified atom stereocenters. The first-order chi connectivity index (χ1) is 9.66. The molecule has 0 atom stereocenters. The highest BCUT2D eigenvalue weighted by molar-refractivity contribution is 6.35. The lowest BCUT2D eigenvalue weighted by Crippen LogP contribution is -2.44. The molecule has 1 fully saturated rings. The molecule has 1 aromatic heterocycles. The third kappa shape index (κ3) is 4.02. The predicted molar refractivity (Wildman–Crippen MR) is 69.8 cm³/mol. The van der Waals surface area contributed by atoms with Crippen molar-refractivity contribution in [2.24, 2.45) is 0 Å². The van der Waals surface area contributed by atoms with Gasteiger partial charge in [0.1, 0.15) is 0 Å². The Morgan fingerprint density at radius 1 is 1.40 bits per heavy atom. The van der Waals surface area contributed by atoms with Gasteiger partial charge in [0.25, 0.3) is 0 Å². The first kappa shape index (κ1) is 14.4. The van der Waals surface area contributed by atoms with Crippen LogP contribution < -0.4 is 10.6 Å². The number of carbonyl (C=O) groups excluding carboxylic acids is 2. The fourth-order valence-corrected chi connectivity index (χ4v) is 1.99. The van der Waals surface area contributed by atoms with Crippen molar-refractivity contribution >= 4 is 11.8 Å². The van der Waals surface area contributed by atoms with Crippen molar-refractivity contribution in [3.8, 4) is 0 Å². The highest BCUT2D eigenvalue weighted by Gasteiger charge is 2.22. The summed E-state index contributed by atoms with van der Waals surface area (Å²) in [5.74, 6) is -0.0489. The Balaban J connectivity index is 1.74. The van der Waals surface area contributed by atoms with E-state index >= 15 is 0 Å². The van der Waals surface area contributed by atoms with E-state index in [1.165, 1.54) is 0 Å². The van der Waals surface area contributed by atoms with Gasteiger partial charge in [0.15, 0.2) is 5.82 Å². The third-order valence-electron chi connectivity index (χ3n) is 3.02. The number of aromatic nitrogens is 2. The SMILES string of the molecule is Cc1noc(CCNC(=O)C(=O)N2CCCNCC2)n1. The Kier molecular flexibility index (Phi) is 5.05. The fourth-order valence-electron chi connectivity index (χ4n) is 1.99. The highest BCUT2D eigenvalue weighted by atomic mass is 16.5. The Morgan fingerprint density at radius 2 is 2.25 bits per heavy atom. The zero-order chi connectivity index (χ0) is 14.4. The van der Waals surface area contributed by atoms with Crippen LogP contribution in [-0.4, -0.2) is 59.6 Å². The van der Waals surface area contributed by atoms with Gasteiger partial charge in [-0.05, 0) is 19.9 Å². The van der Waals surface area contributed by atoms with E-state index in [4.69, 9.17) is 4.52 Å². The van der Waals surface area contributed by atoms with Gasteiger partial charge in [-0.25, -0.2) is 0 Å². The van der Waals surface area contributed by atoms with Crippen LogP contribution in [-0.2, 0) is 16.0 Å². The second-order valence-electron chi connectivity index (χ2n) is 4.64. The van der Waals surface area contributed by atoms with Gasteiger partial charge < -0.3 is 20.1 Å². The number of rotatable bonds is 3. The van der Waals surface area contributed by atoms with Crippen molar-refractivity contribution in [1.82, 2.24) is 25.7 Å². The molecule has 2 heterocycles. The van der Waals surface area contributed by atoms with E-state index in [1.807, 2.05) is 0 Å². The standard InChI is InChI=1S/C12H19N5O3/c1-9-15-10(20-16-9)3-5-14-11(18)12(19)17-7-2-4-13-6-8-17/h13H,2-8H2,1H3,(H,14,18). The van der Waals surface area contributed by atoms with Crippen molar-refractivity contribution in [1.29, 1.82) is 0 Å². The molecular weight excluding hydrogens is 262 g/mol. The first-order valence-corrected chi connectivity index (χ1v) is 6.74. The number of amides is 2. The topological polar surface area (TPSA) is 100 Å². The number of nitrogens with zero attached hydrogens (tertiary/aromatic N) is 3.